The number of anilines is 3. The van der Waals surface area contributed by atoms with Gasteiger partial charge in [0.1, 0.15) is 23.0 Å². The van der Waals surface area contributed by atoms with Crippen LogP contribution in [0.5, 0.6) is 11.5 Å². The van der Waals surface area contributed by atoms with Crippen molar-refractivity contribution >= 4 is 62.2 Å². The molecule has 0 unspecified atom stereocenters. The van der Waals surface area contributed by atoms with E-state index in [1.54, 1.807) is 36.8 Å². The van der Waals surface area contributed by atoms with Crippen molar-refractivity contribution in [2.75, 3.05) is 68.6 Å². The summed E-state index contributed by atoms with van der Waals surface area (Å²) in [5.74, 6) is 1.41. The molecular weight excluding hydrogens is 752 g/mol. The first-order valence-electron chi connectivity index (χ1n) is 18.5. The predicted molar refractivity (Wildman–Crippen MR) is 204 cm³/mol. The molecule has 0 bridgehead atoms. The van der Waals surface area contributed by atoms with E-state index in [2.05, 4.69) is 30.4 Å². The molecule has 3 aliphatic rings. The van der Waals surface area contributed by atoms with Crippen molar-refractivity contribution in [3.05, 3.63) is 65.2 Å². The number of thiazole rings is 1. The zero-order valence-electron chi connectivity index (χ0n) is 30.8. The quantitative estimate of drug-likeness (QED) is 0.178. The van der Waals surface area contributed by atoms with Crippen molar-refractivity contribution in [2.24, 2.45) is 5.92 Å². The third kappa shape index (κ3) is 7.42. The van der Waals surface area contributed by atoms with Crippen LogP contribution in [0, 0.1) is 5.92 Å². The molecule has 8 rings (SSSR count). The summed E-state index contributed by atoms with van der Waals surface area (Å²) in [6.45, 7) is 4.81. The van der Waals surface area contributed by atoms with Crippen molar-refractivity contribution in [3.8, 4) is 11.5 Å². The minimum atomic E-state index is -4.66. The molecule has 1 aliphatic carbocycles. The van der Waals surface area contributed by atoms with Gasteiger partial charge in [-0.15, -0.1) is 11.3 Å². The molecule has 0 radical (unpaired) electrons. The maximum Gasteiger partial charge on any atom is 0.433 e. The first-order valence-corrected chi connectivity index (χ1v) is 19.3. The maximum absolute atomic E-state index is 13.2. The highest BCUT2D eigenvalue weighted by atomic mass is 32.1. The molecule has 18 heteroatoms. The predicted octanol–water partition coefficient (Wildman–Crippen LogP) is 6.17. The number of alkyl halides is 3. The number of nitrogens with zero attached hydrogens (tertiary/aromatic N) is 7. The molecule has 56 heavy (non-hydrogen) atoms. The summed E-state index contributed by atoms with van der Waals surface area (Å²) in [4.78, 5) is 56.4. The second-order valence-electron chi connectivity index (χ2n) is 14.2. The van der Waals surface area contributed by atoms with E-state index >= 15 is 0 Å². The Kier molecular flexibility index (Phi) is 10.2. The maximum atomic E-state index is 13.2. The van der Waals surface area contributed by atoms with Gasteiger partial charge in [0.25, 0.3) is 5.91 Å². The van der Waals surface area contributed by atoms with E-state index in [-0.39, 0.29) is 24.6 Å². The van der Waals surface area contributed by atoms with Crippen molar-refractivity contribution in [1.29, 1.82) is 0 Å². The number of halogens is 3. The van der Waals surface area contributed by atoms with Gasteiger partial charge in [0, 0.05) is 63.9 Å². The molecular formula is C38H40F3N9O5S. The van der Waals surface area contributed by atoms with E-state index in [1.807, 2.05) is 16.7 Å². The van der Waals surface area contributed by atoms with Gasteiger partial charge < -0.3 is 19.7 Å². The molecule has 4 aromatic heterocycles. The summed E-state index contributed by atoms with van der Waals surface area (Å²) in [6, 6.07) is 8.24. The van der Waals surface area contributed by atoms with Crippen LogP contribution in [0.2, 0.25) is 0 Å². The lowest BCUT2D eigenvalue weighted by Crippen LogP contribution is -2.50. The van der Waals surface area contributed by atoms with Gasteiger partial charge in [0.2, 0.25) is 5.91 Å². The van der Waals surface area contributed by atoms with E-state index in [9.17, 15) is 27.6 Å². The Labute approximate surface area is 323 Å². The molecule has 0 spiro atoms. The average Bonchev–Trinajstić information content (AvgIpc) is 3.82. The number of amides is 4. The highest BCUT2D eigenvalue weighted by Gasteiger charge is 2.34. The highest BCUT2D eigenvalue weighted by molar-refractivity contribution is 7.18. The van der Waals surface area contributed by atoms with Gasteiger partial charge in [-0.2, -0.15) is 13.2 Å². The van der Waals surface area contributed by atoms with Crippen LogP contribution < -0.4 is 29.9 Å². The fourth-order valence-corrected chi connectivity index (χ4v) is 9.03. The Morgan fingerprint density at radius 3 is 2.50 bits per heavy atom. The summed E-state index contributed by atoms with van der Waals surface area (Å²) in [7, 11) is 3.09. The van der Waals surface area contributed by atoms with Gasteiger partial charge in [0.05, 0.1) is 47.0 Å². The summed E-state index contributed by atoms with van der Waals surface area (Å²) in [6.07, 6.45) is 3.30. The number of fused-ring (bicyclic) bond motifs is 2. The number of nitrogens with one attached hydrogen (secondary N) is 2. The van der Waals surface area contributed by atoms with E-state index in [1.165, 1.54) is 18.1 Å². The van der Waals surface area contributed by atoms with E-state index < -0.39 is 23.8 Å². The SMILES string of the molecule is COc1cc2nc([C@H]3CC[C@H](CN4CCN(c5ccn6c(N7CCC(=O)NC7=O)cnc6c5OC)CC4)CC3)sc2cc1NC(=O)c1cccc(C(F)(F)F)n1. The van der Waals surface area contributed by atoms with Gasteiger partial charge in [0.15, 0.2) is 11.4 Å². The van der Waals surface area contributed by atoms with E-state index in [0.29, 0.717) is 40.5 Å². The van der Waals surface area contributed by atoms with Crippen LogP contribution in [0.1, 0.15) is 59.2 Å². The number of carbonyl (C=O) groups excluding carboxylic acids is 3. The minimum Gasteiger partial charge on any atom is -0.494 e. The molecule has 3 fully saturated rings. The number of hydrogen-bond donors (Lipinski definition) is 2. The Hall–Kier alpha value is -5.49. The second-order valence-corrected chi connectivity index (χ2v) is 15.3. The number of urea groups is 1. The lowest BCUT2D eigenvalue weighted by molar-refractivity contribution is -0.141. The zero-order valence-corrected chi connectivity index (χ0v) is 31.6. The largest absolute Gasteiger partial charge is 0.494 e. The minimum absolute atomic E-state index is 0.225. The summed E-state index contributed by atoms with van der Waals surface area (Å²) >= 11 is 1.57. The van der Waals surface area contributed by atoms with E-state index in [0.717, 1.165) is 91.5 Å². The fraction of sp³-hybridized carbons (Fsp3) is 0.421. The molecule has 2 aliphatic heterocycles. The van der Waals surface area contributed by atoms with Gasteiger partial charge >= 0.3 is 12.2 Å². The van der Waals surface area contributed by atoms with Crippen LogP contribution in [-0.2, 0) is 11.0 Å². The van der Waals surface area contributed by atoms with Gasteiger partial charge in [-0.1, -0.05) is 6.07 Å². The topological polar surface area (TPSA) is 147 Å². The number of imidazole rings is 1. The zero-order chi connectivity index (χ0) is 39.1. The van der Waals surface area contributed by atoms with Gasteiger partial charge in [-0.3, -0.25) is 29.1 Å². The number of methoxy groups -OCH3 is 2. The fourth-order valence-electron chi connectivity index (χ4n) is 7.88. The molecule has 2 saturated heterocycles. The van der Waals surface area contributed by atoms with Crippen LogP contribution in [0.15, 0.2) is 48.8 Å². The number of benzene rings is 1. The van der Waals surface area contributed by atoms with E-state index in [4.69, 9.17) is 14.5 Å². The number of piperazine rings is 1. The molecule has 1 saturated carbocycles. The molecule has 4 amide bonds. The number of aromatic nitrogens is 4. The van der Waals surface area contributed by atoms with Crippen molar-refractivity contribution in [1.82, 2.24) is 29.6 Å². The highest BCUT2D eigenvalue weighted by Crippen LogP contribution is 2.42. The number of carbonyl (C=O) groups is 3. The Balaban J connectivity index is 0.861. The number of pyridine rings is 2. The molecule has 0 atom stereocenters. The number of imide groups is 1. The van der Waals surface area contributed by atoms with Crippen molar-refractivity contribution in [2.45, 2.75) is 44.2 Å². The van der Waals surface area contributed by atoms with Crippen LogP contribution >= 0.6 is 11.3 Å². The normalized spacial score (nSPS) is 19.7. The molecule has 2 N–H and O–H groups in total. The standard InChI is InChI=1S/C38H40F3N9O5S/c1-54-28-18-26-29(19-25(28)44-35(52)24-4-3-5-30(43-24)38(39,40)41)56-36(45-26)23-8-6-22(7-9-23)21-47-14-16-48(17-15-47)27-10-12-49-32(20-42-34(49)33(27)55-2)50-13-11-31(51)46-37(50)53/h3-5,10,12,18-20,22-23H,6-9,11,13-17,21H2,1-2H3,(H,44,52)(H,46,51,53)/t22-,23-. The Morgan fingerprint density at radius 2 is 1.79 bits per heavy atom. The average molecular weight is 792 g/mol. The van der Waals surface area contributed by atoms with Crippen LogP contribution in [0.25, 0.3) is 15.9 Å². The monoisotopic (exact) mass is 791 g/mol. The summed E-state index contributed by atoms with van der Waals surface area (Å²) in [5, 5.41) is 6.06. The lowest BCUT2D eigenvalue weighted by atomic mass is 9.82. The number of ether oxygens (including phenoxy) is 2. The molecule has 14 nitrogen and oxygen atoms in total. The first-order chi connectivity index (χ1) is 27.0. The lowest BCUT2D eigenvalue weighted by Gasteiger charge is -2.39. The second kappa shape index (κ2) is 15.2. The number of hydrogen-bond acceptors (Lipinski definition) is 11. The summed E-state index contributed by atoms with van der Waals surface area (Å²) in [5.41, 5.74) is 1.15. The van der Waals surface area contributed by atoms with Crippen molar-refractivity contribution < 1.29 is 37.0 Å². The molecule has 6 heterocycles. The van der Waals surface area contributed by atoms with Crippen LogP contribution in [0.3, 0.4) is 0 Å². The van der Waals surface area contributed by atoms with Crippen molar-refractivity contribution in [3.63, 3.8) is 0 Å². The van der Waals surface area contributed by atoms with Gasteiger partial charge in [-0.05, 0) is 55.9 Å². The Morgan fingerprint density at radius 1 is 1.00 bits per heavy atom. The Bertz CT molecular complexity index is 2300. The summed E-state index contributed by atoms with van der Waals surface area (Å²) < 4.78 is 53.5. The molecule has 294 valence electrons. The van der Waals surface area contributed by atoms with Gasteiger partial charge in [-0.25, -0.2) is 19.7 Å². The smallest absolute Gasteiger partial charge is 0.433 e. The van der Waals surface area contributed by atoms with Crippen LogP contribution in [0.4, 0.5) is 35.2 Å². The third-order valence-corrected chi connectivity index (χ3v) is 12.0. The third-order valence-electron chi connectivity index (χ3n) is 10.8. The first kappa shape index (κ1) is 37.4. The molecule has 1 aromatic carbocycles. The number of rotatable bonds is 9. The molecule has 5 aromatic rings. The van der Waals surface area contributed by atoms with Crippen LogP contribution in [-0.4, -0.2) is 95.6 Å².